The Kier molecular flexibility index (Phi) is 4.51. The molecule has 0 aromatic heterocycles. The molecule has 0 heterocycles. The van der Waals surface area contributed by atoms with Gasteiger partial charge in [-0.2, -0.15) is 0 Å². The van der Waals surface area contributed by atoms with E-state index < -0.39 is 11.9 Å². The van der Waals surface area contributed by atoms with E-state index in [4.69, 9.17) is 9.47 Å². The topological polar surface area (TPSA) is 61.8 Å². The highest BCUT2D eigenvalue weighted by atomic mass is 16.6. The highest BCUT2D eigenvalue weighted by molar-refractivity contribution is 5.99. The second-order valence-corrected chi connectivity index (χ2v) is 3.16. The summed E-state index contributed by atoms with van der Waals surface area (Å²) in [5.74, 6) is -0.665. The van der Waals surface area contributed by atoms with Crippen molar-refractivity contribution in [1.29, 1.82) is 0 Å². The van der Waals surface area contributed by atoms with Crippen LogP contribution in [0, 0.1) is 0 Å². The van der Waals surface area contributed by atoms with Crippen LogP contribution in [0.25, 0.3) is 0 Å². The molecule has 1 aromatic rings. The van der Waals surface area contributed by atoms with Gasteiger partial charge in [0.1, 0.15) is 5.56 Å². The lowest BCUT2D eigenvalue weighted by molar-refractivity contribution is -0.137. The van der Waals surface area contributed by atoms with Crippen molar-refractivity contribution in [2.75, 3.05) is 14.2 Å². The predicted octanol–water partition coefficient (Wildman–Crippen LogP) is 1.80. The van der Waals surface area contributed by atoms with Crippen LogP contribution in [0.4, 0.5) is 0 Å². The van der Waals surface area contributed by atoms with Crippen molar-refractivity contribution in [2.24, 2.45) is 0 Å². The number of para-hydroxylation sites is 1. The molecule has 0 saturated carbocycles. The summed E-state index contributed by atoms with van der Waals surface area (Å²) in [7, 11) is 2.88. The van der Waals surface area contributed by atoms with Crippen LogP contribution in [-0.2, 0) is 9.53 Å². The van der Waals surface area contributed by atoms with Gasteiger partial charge in [0.2, 0.25) is 0 Å². The molecule has 0 aliphatic rings. The number of carbonyl (C=O) groups is 2. The van der Waals surface area contributed by atoms with Gasteiger partial charge in [0.05, 0.1) is 14.2 Å². The molecule has 0 aliphatic carbocycles. The van der Waals surface area contributed by atoms with E-state index >= 15 is 0 Å². The average Bonchev–Trinajstić information content (AvgIpc) is 2.37. The first-order valence-electron chi connectivity index (χ1n) is 5.10. The molecule has 1 rings (SSSR count). The number of rotatable bonds is 4. The van der Waals surface area contributed by atoms with Crippen LogP contribution in [0.2, 0.25) is 0 Å². The summed E-state index contributed by atoms with van der Waals surface area (Å²) < 4.78 is 14.7. The van der Waals surface area contributed by atoms with Crippen LogP contribution in [0.1, 0.15) is 23.7 Å². The van der Waals surface area contributed by atoms with Crippen LogP contribution in [0.15, 0.2) is 18.2 Å². The molecule has 0 saturated heterocycles. The fourth-order valence-corrected chi connectivity index (χ4v) is 1.28. The largest absolute Gasteiger partial charge is 0.493 e. The number of hydrogen-bond acceptors (Lipinski definition) is 5. The van der Waals surface area contributed by atoms with E-state index in [0.717, 1.165) is 0 Å². The van der Waals surface area contributed by atoms with Crippen LogP contribution < -0.4 is 9.47 Å². The van der Waals surface area contributed by atoms with Crippen molar-refractivity contribution in [3.63, 3.8) is 0 Å². The zero-order chi connectivity index (χ0) is 12.8. The van der Waals surface area contributed by atoms with E-state index in [1.54, 1.807) is 19.1 Å². The van der Waals surface area contributed by atoms with Crippen LogP contribution in [0.3, 0.4) is 0 Å². The van der Waals surface area contributed by atoms with E-state index in [-0.39, 0.29) is 17.7 Å². The smallest absolute Gasteiger partial charge is 0.349 e. The van der Waals surface area contributed by atoms with Gasteiger partial charge < -0.3 is 14.2 Å². The minimum Gasteiger partial charge on any atom is -0.493 e. The Labute approximate surface area is 99.3 Å². The highest BCUT2D eigenvalue weighted by Crippen LogP contribution is 2.31. The first-order chi connectivity index (χ1) is 8.13. The summed E-state index contributed by atoms with van der Waals surface area (Å²) in [5.41, 5.74) is 0.161. The minimum atomic E-state index is -0.743. The first kappa shape index (κ1) is 13.0. The van der Waals surface area contributed by atoms with Gasteiger partial charge in [-0.3, -0.25) is 4.79 Å². The molecular weight excluding hydrogens is 224 g/mol. The predicted molar refractivity (Wildman–Crippen MR) is 60.3 cm³/mol. The van der Waals surface area contributed by atoms with Gasteiger partial charge in [0, 0.05) is 6.42 Å². The second-order valence-electron chi connectivity index (χ2n) is 3.16. The summed E-state index contributed by atoms with van der Waals surface area (Å²) in [6.45, 7) is 1.61. The monoisotopic (exact) mass is 238 g/mol. The van der Waals surface area contributed by atoms with Gasteiger partial charge in [0.15, 0.2) is 11.5 Å². The van der Waals surface area contributed by atoms with Crippen molar-refractivity contribution in [3.05, 3.63) is 23.8 Å². The molecule has 0 radical (unpaired) electrons. The molecule has 92 valence electrons. The number of methoxy groups -OCH3 is 2. The molecule has 17 heavy (non-hydrogen) atoms. The van der Waals surface area contributed by atoms with E-state index in [1.165, 1.54) is 20.3 Å². The number of esters is 2. The number of ether oxygens (including phenoxy) is 3. The molecule has 1 aromatic carbocycles. The van der Waals surface area contributed by atoms with E-state index in [9.17, 15) is 9.59 Å². The number of carbonyl (C=O) groups excluding carboxylic acids is 2. The van der Waals surface area contributed by atoms with Crippen molar-refractivity contribution >= 4 is 11.9 Å². The van der Waals surface area contributed by atoms with Gasteiger partial charge >= 0.3 is 11.9 Å². The molecule has 0 atom stereocenters. The van der Waals surface area contributed by atoms with Crippen LogP contribution in [0.5, 0.6) is 11.5 Å². The van der Waals surface area contributed by atoms with Crippen LogP contribution >= 0.6 is 0 Å². The molecular formula is C12H14O5. The Morgan fingerprint density at radius 3 is 2.41 bits per heavy atom. The van der Waals surface area contributed by atoms with E-state index in [1.807, 2.05) is 0 Å². The zero-order valence-electron chi connectivity index (χ0n) is 9.98. The standard InChI is InChI=1S/C12H14O5/c1-4-10(13)17-12(14)8-6-5-7-9(15-2)11(8)16-3/h5-7H,4H2,1-3H3. The van der Waals surface area contributed by atoms with Crippen molar-refractivity contribution in [1.82, 2.24) is 0 Å². The minimum absolute atomic E-state index is 0.137. The SMILES string of the molecule is CCC(=O)OC(=O)c1cccc(OC)c1OC. The molecule has 0 aliphatic heterocycles. The fraction of sp³-hybridized carbons (Fsp3) is 0.333. The maximum absolute atomic E-state index is 11.7. The maximum atomic E-state index is 11.7. The average molecular weight is 238 g/mol. The molecule has 0 spiro atoms. The Morgan fingerprint density at radius 2 is 1.88 bits per heavy atom. The molecule has 5 nitrogen and oxygen atoms in total. The molecule has 5 heteroatoms. The summed E-state index contributed by atoms with van der Waals surface area (Å²) in [5, 5.41) is 0. The number of benzene rings is 1. The lowest BCUT2D eigenvalue weighted by Crippen LogP contribution is -2.12. The molecule has 0 amide bonds. The molecule has 0 fully saturated rings. The van der Waals surface area contributed by atoms with Crippen LogP contribution in [-0.4, -0.2) is 26.2 Å². The van der Waals surface area contributed by atoms with E-state index in [2.05, 4.69) is 4.74 Å². The van der Waals surface area contributed by atoms with Crippen molar-refractivity contribution < 1.29 is 23.8 Å². The van der Waals surface area contributed by atoms with Gasteiger partial charge in [-0.05, 0) is 12.1 Å². The van der Waals surface area contributed by atoms with Crippen molar-refractivity contribution in [2.45, 2.75) is 13.3 Å². The Hall–Kier alpha value is -2.04. The summed E-state index contributed by atoms with van der Waals surface area (Å²) in [4.78, 5) is 22.7. The quantitative estimate of drug-likeness (QED) is 0.591. The molecule has 0 N–H and O–H groups in total. The summed E-state index contributed by atoms with van der Waals surface area (Å²) in [6, 6.07) is 4.78. The number of hydrogen-bond donors (Lipinski definition) is 0. The summed E-state index contributed by atoms with van der Waals surface area (Å²) >= 11 is 0. The lowest BCUT2D eigenvalue weighted by atomic mass is 10.2. The van der Waals surface area contributed by atoms with Gasteiger partial charge in [-0.15, -0.1) is 0 Å². The van der Waals surface area contributed by atoms with Gasteiger partial charge in [-0.25, -0.2) is 4.79 Å². The third-order valence-electron chi connectivity index (χ3n) is 2.12. The maximum Gasteiger partial charge on any atom is 0.349 e. The van der Waals surface area contributed by atoms with Gasteiger partial charge in [0.25, 0.3) is 0 Å². The second kappa shape index (κ2) is 5.89. The Bertz CT molecular complexity index is 425. The summed E-state index contributed by atoms with van der Waals surface area (Å²) in [6.07, 6.45) is 0.137. The molecule has 0 bridgehead atoms. The Morgan fingerprint density at radius 1 is 1.18 bits per heavy atom. The zero-order valence-corrected chi connectivity index (χ0v) is 9.98. The van der Waals surface area contributed by atoms with Crippen molar-refractivity contribution in [3.8, 4) is 11.5 Å². The third kappa shape index (κ3) is 2.96. The van der Waals surface area contributed by atoms with Gasteiger partial charge in [-0.1, -0.05) is 13.0 Å². The fourth-order valence-electron chi connectivity index (χ4n) is 1.28. The highest BCUT2D eigenvalue weighted by Gasteiger charge is 2.19. The normalized spacial score (nSPS) is 9.59. The van der Waals surface area contributed by atoms with E-state index in [0.29, 0.717) is 5.75 Å². The first-order valence-corrected chi connectivity index (χ1v) is 5.10. The third-order valence-corrected chi connectivity index (χ3v) is 2.12. The Balaban J connectivity index is 3.04. The lowest BCUT2D eigenvalue weighted by Gasteiger charge is -2.11. The molecule has 0 unspecified atom stereocenters.